The first-order valence-corrected chi connectivity index (χ1v) is 7.33. The minimum absolute atomic E-state index is 0.0521. The van der Waals surface area contributed by atoms with Gasteiger partial charge < -0.3 is 5.32 Å². The standard InChI is InChI=1S/C13H11BrClNOS/c1-8-6-11(18-12(8)14)13(17)16-7-9-2-4-10(15)5-3-9/h2-6H,7H2,1H3,(H,16,17). The van der Waals surface area contributed by atoms with Crippen molar-refractivity contribution in [1.29, 1.82) is 0 Å². The van der Waals surface area contributed by atoms with Crippen molar-refractivity contribution in [3.05, 3.63) is 55.1 Å². The summed E-state index contributed by atoms with van der Waals surface area (Å²) in [4.78, 5) is 12.6. The van der Waals surface area contributed by atoms with Gasteiger partial charge in [0.05, 0.1) is 8.66 Å². The minimum atomic E-state index is -0.0521. The highest BCUT2D eigenvalue weighted by Crippen LogP contribution is 2.27. The van der Waals surface area contributed by atoms with Crippen LogP contribution in [0, 0.1) is 6.92 Å². The normalized spacial score (nSPS) is 10.4. The van der Waals surface area contributed by atoms with Crippen molar-refractivity contribution in [1.82, 2.24) is 5.32 Å². The molecule has 0 saturated heterocycles. The molecule has 0 fully saturated rings. The van der Waals surface area contributed by atoms with E-state index in [2.05, 4.69) is 21.2 Å². The second kappa shape index (κ2) is 5.87. The molecule has 0 aliphatic rings. The van der Waals surface area contributed by atoms with E-state index >= 15 is 0 Å². The van der Waals surface area contributed by atoms with Crippen LogP contribution in [-0.4, -0.2) is 5.91 Å². The topological polar surface area (TPSA) is 29.1 Å². The molecule has 1 amide bonds. The SMILES string of the molecule is Cc1cc(C(=O)NCc2ccc(Cl)cc2)sc1Br. The zero-order valence-electron chi connectivity index (χ0n) is 9.67. The van der Waals surface area contributed by atoms with E-state index in [0.29, 0.717) is 16.4 Å². The lowest BCUT2D eigenvalue weighted by atomic mass is 10.2. The summed E-state index contributed by atoms with van der Waals surface area (Å²) >= 11 is 10.7. The van der Waals surface area contributed by atoms with Gasteiger partial charge in [0.1, 0.15) is 0 Å². The lowest BCUT2D eigenvalue weighted by molar-refractivity contribution is 0.0955. The summed E-state index contributed by atoms with van der Waals surface area (Å²) < 4.78 is 0.999. The van der Waals surface area contributed by atoms with Crippen LogP contribution in [0.4, 0.5) is 0 Å². The maximum absolute atomic E-state index is 11.9. The van der Waals surface area contributed by atoms with E-state index in [1.54, 1.807) is 0 Å². The van der Waals surface area contributed by atoms with E-state index in [4.69, 9.17) is 11.6 Å². The Balaban J connectivity index is 1.98. The third-order valence-electron chi connectivity index (χ3n) is 2.45. The van der Waals surface area contributed by atoms with Crippen LogP contribution in [0.2, 0.25) is 5.02 Å². The summed E-state index contributed by atoms with van der Waals surface area (Å²) in [6.45, 7) is 2.47. The largest absolute Gasteiger partial charge is 0.347 e. The number of thiophene rings is 1. The van der Waals surface area contributed by atoms with Crippen LogP contribution >= 0.6 is 38.9 Å². The molecule has 0 atom stereocenters. The quantitative estimate of drug-likeness (QED) is 0.878. The number of nitrogens with one attached hydrogen (secondary N) is 1. The van der Waals surface area contributed by atoms with Gasteiger partial charge in [0.2, 0.25) is 0 Å². The van der Waals surface area contributed by atoms with Crippen LogP contribution in [-0.2, 0) is 6.54 Å². The molecule has 0 bridgehead atoms. The fourth-order valence-electron chi connectivity index (χ4n) is 1.44. The van der Waals surface area contributed by atoms with Crippen molar-refractivity contribution in [2.45, 2.75) is 13.5 Å². The molecule has 0 saturated carbocycles. The monoisotopic (exact) mass is 343 g/mol. The van der Waals surface area contributed by atoms with Crippen molar-refractivity contribution in [3.63, 3.8) is 0 Å². The second-order valence-corrected chi connectivity index (χ2v) is 6.68. The average Bonchev–Trinajstić information content (AvgIpc) is 2.69. The molecule has 1 N–H and O–H groups in total. The predicted octanol–water partition coefficient (Wildman–Crippen LogP) is 4.40. The Bertz CT molecular complexity index is 545. The molecule has 0 radical (unpaired) electrons. The van der Waals surface area contributed by atoms with Crippen LogP contribution in [0.25, 0.3) is 0 Å². The van der Waals surface area contributed by atoms with Crippen molar-refractivity contribution in [2.24, 2.45) is 0 Å². The first-order chi connectivity index (χ1) is 8.56. The molecule has 0 unspecified atom stereocenters. The molecule has 0 aliphatic carbocycles. The highest BCUT2D eigenvalue weighted by Gasteiger charge is 2.10. The Morgan fingerprint density at radius 2 is 2.06 bits per heavy atom. The lowest BCUT2D eigenvalue weighted by Gasteiger charge is -2.03. The van der Waals surface area contributed by atoms with Gasteiger partial charge in [-0.05, 0) is 52.2 Å². The first kappa shape index (κ1) is 13.6. The molecule has 0 spiro atoms. The molecule has 1 heterocycles. The highest BCUT2D eigenvalue weighted by molar-refractivity contribution is 9.11. The molecule has 2 rings (SSSR count). The lowest BCUT2D eigenvalue weighted by Crippen LogP contribution is -2.21. The third-order valence-corrected chi connectivity index (χ3v) is 4.83. The number of aryl methyl sites for hydroxylation is 1. The van der Waals surface area contributed by atoms with Crippen LogP contribution in [0.1, 0.15) is 20.8 Å². The number of carbonyl (C=O) groups is 1. The molecule has 2 aromatic rings. The molecular weight excluding hydrogens is 334 g/mol. The van der Waals surface area contributed by atoms with Crippen LogP contribution in [0.5, 0.6) is 0 Å². The Kier molecular flexibility index (Phi) is 4.43. The van der Waals surface area contributed by atoms with Gasteiger partial charge in [0.15, 0.2) is 0 Å². The number of carbonyl (C=O) groups excluding carboxylic acids is 1. The van der Waals surface area contributed by atoms with Crippen LogP contribution in [0.15, 0.2) is 34.1 Å². The smallest absolute Gasteiger partial charge is 0.261 e. The maximum Gasteiger partial charge on any atom is 0.261 e. The summed E-state index contributed by atoms with van der Waals surface area (Å²) in [6.07, 6.45) is 0. The molecule has 2 nitrogen and oxygen atoms in total. The molecule has 94 valence electrons. The van der Waals surface area contributed by atoms with Crippen LogP contribution < -0.4 is 5.32 Å². The zero-order valence-corrected chi connectivity index (χ0v) is 12.8. The third kappa shape index (κ3) is 3.34. The summed E-state index contributed by atoms with van der Waals surface area (Å²) in [6, 6.07) is 9.31. The fourth-order valence-corrected chi connectivity index (χ4v) is 3.02. The number of halogens is 2. The second-order valence-electron chi connectivity index (χ2n) is 3.88. The van der Waals surface area contributed by atoms with E-state index in [0.717, 1.165) is 14.9 Å². The van der Waals surface area contributed by atoms with Gasteiger partial charge in [-0.1, -0.05) is 23.7 Å². The Morgan fingerprint density at radius 3 is 2.61 bits per heavy atom. The number of amides is 1. The molecule has 18 heavy (non-hydrogen) atoms. The van der Waals surface area contributed by atoms with E-state index < -0.39 is 0 Å². The number of hydrogen-bond acceptors (Lipinski definition) is 2. The van der Waals surface area contributed by atoms with E-state index in [1.165, 1.54) is 11.3 Å². The highest BCUT2D eigenvalue weighted by atomic mass is 79.9. The predicted molar refractivity (Wildman–Crippen MR) is 79.4 cm³/mol. The number of hydrogen-bond donors (Lipinski definition) is 1. The van der Waals surface area contributed by atoms with Crippen LogP contribution in [0.3, 0.4) is 0 Å². The first-order valence-electron chi connectivity index (χ1n) is 5.35. The summed E-state index contributed by atoms with van der Waals surface area (Å²) in [5.41, 5.74) is 2.11. The van der Waals surface area contributed by atoms with Gasteiger partial charge in [0, 0.05) is 11.6 Å². The van der Waals surface area contributed by atoms with Gasteiger partial charge in [-0.25, -0.2) is 0 Å². The van der Waals surface area contributed by atoms with Gasteiger partial charge in [0.25, 0.3) is 5.91 Å². The summed E-state index contributed by atoms with van der Waals surface area (Å²) in [7, 11) is 0. The Labute approximate surface area is 123 Å². The fraction of sp³-hybridized carbons (Fsp3) is 0.154. The van der Waals surface area contributed by atoms with Crippen molar-refractivity contribution < 1.29 is 4.79 Å². The van der Waals surface area contributed by atoms with Gasteiger partial charge in [-0.2, -0.15) is 0 Å². The van der Waals surface area contributed by atoms with Gasteiger partial charge >= 0.3 is 0 Å². The minimum Gasteiger partial charge on any atom is -0.347 e. The zero-order chi connectivity index (χ0) is 13.1. The molecule has 1 aromatic carbocycles. The van der Waals surface area contributed by atoms with E-state index in [1.807, 2.05) is 37.3 Å². The Morgan fingerprint density at radius 1 is 1.39 bits per heavy atom. The van der Waals surface area contributed by atoms with E-state index in [9.17, 15) is 4.79 Å². The van der Waals surface area contributed by atoms with E-state index in [-0.39, 0.29) is 5.91 Å². The number of rotatable bonds is 3. The van der Waals surface area contributed by atoms with Crippen molar-refractivity contribution in [3.8, 4) is 0 Å². The number of benzene rings is 1. The Hall–Kier alpha value is -0.840. The molecule has 5 heteroatoms. The van der Waals surface area contributed by atoms with Crippen molar-refractivity contribution in [2.75, 3.05) is 0 Å². The maximum atomic E-state index is 11.9. The van der Waals surface area contributed by atoms with Crippen molar-refractivity contribution >= 4 is 44.8 Å². The van der Waals surface area contributed by atoms with Gasteiger partial charge in [-0.3, -0.25) is 4.79 Å². The molecule has 0 aliphatic heterocycles. The average molecular weight is 345 g/mol. The summed E-state index contributed by atoms with van der Waals surface area (Å²) in [5, 5.41) is 3.58. The molecule has 1 aromatic heterocycles. The molecular formula is C13H11BrClNOS. The summed E-state index contributed by atoms with van der Waals surface area (Å²) in [5.74, 6) is -0.0521. The van der Waals surface area contributed by atoms with Gasteiger partial charge in [-0.15, -0.1) is 11.3 Å².